The Morgan fingerprint density at radius 3 is 2.64 bits per heavy atom. The van der Waals surface area contributed by atoms with Gasteiger partial charge in [-0.2, -0.15) is 0 Å². The summed E-state index contributed by atoms with van der Waals surface area (Å²) in [7, 11) is 0. The molecule has 0 bridgehead atoms. The zero-order chi connectivity index (χ0) is 15.7. The van der Waals surface area contributed by atoms with Gasteiger partial charge in [0, 0.05) is 23.2 Å². The Hall–Kier alpha value is -2.21. The van der Waals surface area contributed by atoms with Gasteiger partial charge in [-0.1, -0.05) is 34.1 Å². The molecule has 0 atom stereocenters. The second-order valence-electron chi connectivity index (χ2n) is 5.17. The van der Waals surface area contributed by atoms with E-state index >= 15 is 0 Å². The van der Waals surface area contributed by atoms with Crippen molar-refractivity contribution in [2.45, 2.75) is 12.8 Å². The Bertz CT molecular complexity index is 744. The van der Waals surface area contributed by atoms with Gasteiger partial charge >= 0.3 is 0 Å². The fourth-order valence-corrected chi connectivity index (χ4v) is 2.88. The van der Waals surface area contributed by atoms with Crippen LogP contribution in [0.2, 0.25) is 0 Å². The van der Waals surface area contributed by atoms with E-state index in [4.69, 9.17) is 0 Å². The molecule has 0 fully saturated rings. The van der Waals surface area contributed by atoms with E-state index in [1.54, 1.807) is 11.0 Å². The molecule has 0 aliphatic carbocycles. The second-order valence-corrected chi connectivity index (χ2v) is 6.08. The highest BCUT2D eigenvalue weighted by molar-refractivity contribution is 9.10. The van der Waals surface area contributed by atoms with Crippen molar-refractivity contribution >= 4 is 33.2 Å². The molecule has 1 heterocycles. The third-order valence-electron chi connectivity index (χ3n) is 3.74. The molecule has 3 rings (SSSR count). The molecule has 2 aromatic rings. The van der Waals surface area contributed by atoms with Crippen molar-refractivity contribution in [2.24, 2.45) is 0 Å². The van der Waals surface area contributed by atoms with Crippen LogP contribution in [0.15, 0.2) is 46.9 Å². The number of anilines is 1. The molecule has 0 aromatic heterocycles. The number of fused-ring (bicyclic) bond motifs is 1. The van der Waals surface area contributed by atoms with Gasteiger partial charge in [-0.3, -0.25) is 14.9 Å². The second kappa shape index (κ2) is 5.88. The SMILES string of the molecule is O=C(Cc1ccc(Br)cc1)N1CCc2ccc([N+](=O)[O-])cc21. The van der Waals surface area contributed by atoms with E-state index in [2.05, 4.69) is 15.9 Å². The first-order valence-electron chi connectivity index (χ1n) is 6.87. The molecular weight excluding hydrogens is 348 g/mol. The molecule has 1 aliphatic heterocycles. The van der Waals surface area contributed by atoms with Gasteiger partial charge in [0.2, 0.25) is 5.91 Å². The number of rotatable bonds is 3. The first-order chi connectivity index (χ1) is 10.5. The minimum Gasteiger partial charge on any atom is -0.311 e. The maximum atomic E-state index is 12.5. The van der Waals surface area contributed by atoms with E-state index in [0.717, 1.165) is 22.0 Å². The van der Waals surface area contributed by atoms with E-state index in [9.17, 15) is 14.9 Å². The van der Waals surface area contributed by atoms with Crippen molar-refractivity contribution in [3.05, 3.63) is 68.2 Å². The van der Waals surface area contributed by atoms with Gasteiger partial charge in [0.1, 0.15) is 0 Å². The highest BCUT2D eigenvalue weighted by Crippen LogP contribution is 2.32. The fourth-order valence-electron chi connectivity index (χ4n) is 2.61. The average Bonchev–Trinajstić information content (AvgIpc) is 2.92. The van der Waals surface area contributed by atoms with Gasteiger partial charge in [0.05, 0.1) is 17.0 Å². The van der Waals surface area contributed by atoms with Crippen molar-refractivity contribution in [1.29, 1.82) is 0 Å². The molecule has 1 amide bonds. The average molecular weight is 361 g/mol. The molecule has 0 unspecified atom stereocenters. The lowest BCUT2D eigenvalue weighted by Crippen LogP contribution is -2.30. The minimum atomic E-state index is -0.435. The summed E-state index contributed by atoms with van der Waals surface area (Å²) in [6, 6.07) is 12.3. The summed E-state index contributed by atoms with van der Waals surface area (Å²) in [5.41, 5.74) is 2.58. The van der Waals surface area contributed by atoms with Crippen LogP contribution in [0.3, 0.4) is 0 Å². The van der Waals surface area contributed by atoms with Crippen LogP contribution in [-0.2, 0) is 17.6 Å². The number of nitro groups is 1. The summed E-state index contributed by atoms with van der Waals surface area (Å²) in [5.74, 6) is -0.0402. The number of halogens is 1. The monoisotopic (exact) mass is 360 g/mol. The van der Waals surface area contributed by atoms with Crippen LogP contribution in [0.5, 0.6) is 0 Å². The lowest BCUT2D eigenvalue weighted by atomic mass is 10.1. The molecule has 2 aromatic carbocycles. The third-order valence-corrected chi connectivity index (χ3v) is 4.27. The predicted octanol–water partition coefficient (Wildman–Crippen LogP) is 3.49. The maximum absolute atomic E-state index is 12.5. The number of carbonyl (C=O) groups is 1. The standard InChI is InChI=1S/C16H13BrN2O3/c17-13-4-1-11(2-5-13)9-16(20)18-8-7-12-3-6-14(19(21)22)10-15(12)18/h1-6,10H,7-9H2. The Morgan fingerprint density at radius 1 is 1.23 bits per heavy atom. The smallest absolute Gasteiger partial charge is 0.271 e. The molecular formula is C16H13BrN2O3. The molecule has 0 N–H and O–H groups in total. The number of benzene rings is 2. The summed E-state index contributed by atoms with van der Waals surface area (Å²) in [5, 5.41) is 10.9. The zero-order valence-electron chi connectivity index (χ0n) is 11.7. The van der Waals surface area contributed by atoms with Crippen LogP contribution in [-0.4, -0.2) is 17.4 Å². The topological polar surface area (TPSA) is 63.5 Å². The summed E-state index contributed by atoms with van der Waals surface area (Å²) >= 11 is 3.36. The highest BCUT2D eigenvalue weighted by Gasteiger charge is 2.26. The normalized spacial score (nSPS) is 13.0. The molecule has 5 nitrogen and oxygen atoms in total. The van der Waals surface area contributed by atoms with E-state index in [1.807, 2.05) is 24.3 Å². The van der Waals surface area contributed by atoms with Crippen LogP contribution in [0.25, 0.3) is 0 Å². The van der Waals surface area contributed by atoms with Gasteiger partial charge in [-0.05, 0) is 29.7 Å². The van der Waals surface area contributed by atoms with E-state index in [1.165, 1.54) is 12.1 Å². The Balaban J connectivity index is 1.82. The zero-order valence-corrected chi connectivity index (χ0v) is 13.2. The van der Waals surface area contributed by atoms with Crippen LogP contribution >= 0.6 is 15.9 Å². The molecule has 1 aliphatic rings. The largest absolute Gasteiger partial charge is 0.311 e. The van der Waals surface area contributed by atoms with Gasteiger partial charge in [0.25, 0.3) is 5.69 Å². The van der Waals surface area contributed by atoms with Crippen molar-refractivity contribution in [1.82, 2.24) is 0 Å². The number of nitrogens with zero attached hydrogens (tertiary/aromatic N) is 2. The molecule has 22 heavy (non-hydrogen) atoms. The van der Waals surface area contributed by atoms with E-state index in [0.29, 0.717) is 12.2 Å². The lowest BCUT2D eigenvalue weighted by molar-refractivity contribution is -0.384. The molecule has 0 radical (unpaired) electrons. The quantitative estimate of drug-likeness (QED) is 0.621. The molecule has 0 saturated carbocycles. The number of nitro benzene ring substituents is 1. The van der Waals surface area contributed by atoms with Crippen molar-refractivity contribution in [3.8, 4) is 0 Å². The first kappa shape index (κ1) is 14.7. The number of non-ortho nitro benzene ring substituents is 1. The van der Waals surface area contributed by atoms with Crippen LogP contribution in [0.4, 0.5) is 11.4 Å². The summed E-state index contributed by atoms with van der Waals surface area (Å²) in [4.78, 5) is 24.6. The number of hydrogen-bond donors (Lipinski definition) is 0. The van der Waals surface area contributed by atoms with Gasteiger partial charge in [-0.15, -0.1) is 0 Å². The Kier molecular flexibility index (Phi) is 3.94. The predicted molar refractivity (Wildman–Crippen MR) is 87.0 cm³/mol. The van der Waals surface area contributed by atoms with Gasteiger partial charge in [-0.25, -0.2) is 0 Å². The van der Waals surface area contributed by atoms with Gasteiger partial charge in [0.15, 0.2) is 0 Å². The van der Waals surface area contributed by atoms with E-state index < -0.39 is 4.92 Å². The fraction of sp³-hybridized carbons (Fsp3) is 0.188. The molecule has 0 spiro atoms. The number of hydrogen-bond acceptors (Lipinski definition) is 3. The van der Waals surface area contributed by atoms with Crippen molar-refractivity contribution in [2.75, 3.05) is 11.4 Å². The van der Waals surface area contributed by atoms with Crippen LogP contribution in [0.1, 0.15) is 11.1 Å². The Morgan fingerprint density at radius 2 is 1.95 bits per heavy atom. The lowest BCUT2D eigenvalue weighted by Gasteiger charge is -2.17. The van der Waals surface area contributed by atoms with Crippen molar-refractivity contribution < 1.29 is 9.72 Å². The van der Waals surface area contributed by atoms with Gasteiger partial charge < -0.3 is 4.90 Å². The first-order valence-corrected chi connectivity index (χ1v) is 7.66. The number of carbonyl (C=O) groups excluding carboxylic acids is 1. The molecule has 0 saturated heterocycles. The highest BCUT2D eigenvalue weighted by atomic mass is 79.9. The number of amides is 1. The third kappa shape index (κ3) is 2.87. The Labute approximate surface area is 135 Å². The van der Waals surface area contributed by atoms with Crippen molar-refractivity contribution in [3.63, 3.8) is 0 Å². The van der Waals surface area contributed by atoms with E-state index in [-0.39, 0.29) is 18.0 Å². The molecule has 6 heteroatoms. The summed E-state index contributed by atoms with van der Waals surface area (Å²) < 4.78 is 0.964. The maximum Gasteiger partial charge on any atom is 0.271 e. The summed E-state index contributed by atoms with van der Waals surface area (Å²) in [6.45, 7) is 0.575. The minimum absolute atomic E-state index is 0.0158. The van der Waals surface area contributed by atoms with Crippen LogP contribution in [0, 0.1) is 10.1 Å². The molecule has 112 valence electrons. The summed E-state index contributed by atoms with van der Waals surface area (Å²) in [6.07, 6.45) is 1.02. The van der Waals surface area contributed by atoms with Crippen LogP contribution < -0.4 is 4.90 Å².